The second kappa shape index (κ2) is 6.63. The Morgan fingerprint density at radius 1 is 0.889 bits per heavy atom. The van der Waals surface area contributed by atoms with Crippen molar-refractivity contribution in [2.24, 2.45) is 5.92 Å². The van der Waals surface area contributed by atoms with E-state index in [-0.39, 0.29) is 23.7 Å². The van der Waals surface area contributed by atoms with Crippen LogP contribution in [0, 0.1) is 5.92 Å². The summed E-state index contributed by atoms with van der Waals surface area (Å²) in [6.45, 7) is 0. The van der Waals surface area contributed by atoms with E-state index in [4.69, 9.17) is 0 Å². The molecule has 1 amide bonds. The number of aromatic nitrogens is 1. The summed E-state index contributed by atoms with van der Waals surface area (Å²) in [5.41, 5.74) is 2.84. The first-order valence-corrected chi connectivity index (χ1v) is 9.94. The molecule has 132 valence electrons. The number of fused-ring (bicyclic) bond motifs is 1. The minimum absolute atomic E-state index is 0.0509. The third-order valence-electron chi connectivity index (χ3n) is 5.27. The van der Waals surface area contributed by atoms with Gasteiger partial charge in [-0.05, 0) is 29.1 Å². The number of benzene rings is 2. The van der Waals surface area contributed by atoms with E-state index in [2.05, 4.69) is 39.9 Å². The number of nitrogens with one attached hydrogen (secondary N) is 1. The SMILES string of the molecule is O=C(Nc1cccc2cccnc12)[C@@H]1[C@@H](c2ccccc2)[C@@H]1c1cccs1. The van der Waals surface area contributed by atoms with Crippen LogP contribution in [-0.4, -0.2) is 10.9 Å². The largest absolute Gasteiger partial charge is 0.324 e. The third kappa shape index (κ3) is 2.92. The predicted molar refractivity (Wildman–Crippen MR) is 110 cm³/mol. The van der Waals surface area contributed by atoms with Gasteiger partial charge in [0.2, 0.25) is 5.91 Å². The van der Waals surface area contributed by atoms with Crippen LogP contribution in [0.5, 0.6) is 0 Å². The number of rotatable bonds is 4. The van der Waals surface area contributed by atoms with Crippen molar-refractivity contribution in [3.63, 3.8) is 0 Å². The summed E-state index contributed by atoms with van der Waals surface area (Å²) >= 11 is 1.73. The average molecular weight is 370 g/mol. The van der Waals surface area contributed by atoms with Crippen LogP contribution in [0.25, 0.3) is 10.9 Å². The van der Waals surface area contributed by atoms with Gasteiger partial charge in [0.1, 0.15) is 0 Å². The molecule has 27 heavy (non-hydrogen) atoms. The first-order chi connectivity index (χ1) is 13.3. The van der Waals surface area contributed by atoms with Crippen LogP contribution >= 0.6 is 11.3 Å². The lowest BCUT2D eigenvalue weighted by Crippen LogP contribution is -2.15. The fraction of sp³-hybridized carbons (Fsp3) is 0.130. The highest BCUT2D eigenvalue weighted by molar-refractivity contribution is 7.10. The first kappa shape index (κ1) is 16.2. The topological polar surface area (TPSA) is 42.0 Å². The van der Waals surface area contributed by atoms with Crippen LogP contribution in [0.15, 0.2) is 84.4 Å². The van der Waals surface area contributed by atoms with E-state index >= 15 is 0 Å². The molecule has 0 unspecified atom stereocenters. The van der Waals surface area contributed by atoms with Gasteiger partial charge in [-0.25, -0.2) is 0 Å². The van der Waals surface area contributed by atoms with Crippen LogP contribution in [0.3, 0.4) is 0 Å². The second-order valence-electron chi connectivity index (χ2n) is 6.87. The predicted octanol–water partition coefficient (Wildman–Crippen LogP) is 5.43. The molecule has 2 heterocycles. The summed E-state index contributed by atoms with van der Waals surface area (Å²) in [5, 5.41) is 6.25. The number of nitrogens with zero attached hydrogens (tertiary/aromatic N) is 1. The van der Waals surface area contributed by atoms with Crippen molar-refractivity contribution in [3.05, 3.63) is 94.8 Å². The minimum atomic E-state index is -0.0509. The molecule has 5 rings (SSSR count). The normalized spacial score (nSPS) is 21.1. The summed E-state index contributed by atoms with van der Waals surface area (Å²) in [6, 6.07) is 24.4. The molecule has 0 bridgehead atoms. The molecule has 1 fully saturated rings. The Hall–Kier alpha value is -2.98. The quantitative estimate of drug-likeness (QED) is 0.520. The van der Waals surface area contributed by atoms with Gasteiger partial charge in [0, 0.05) is 28.3 Å². The maximum absolute atomic E-state index is 13.2. The highest BCUT2D eigenvalue weighted by Crippen LogP contribution is 2.61. The molecule has 3 nitrogen and oxygen atoms in total. The number of anilines is 1. The van der Waals surface area contributed by atoms with Gasteiger partial charge in [-0.3, -0.25) is 9.78 Å². The Balaban J connectivity index is 1.46. The van der Waals surface area contributed by atoms with E-state index in [1.807, 2.05) is 48.5 Å². The Bertz CT molecular complexity index is 1090. The zero-order chi connectivity index (χ0) is 18.2. The molecule has 0 radical (unpaired) electrons. The molecule has 1 N–H and O–H groups in total. The van der Waals surface area contributed by atoms with Gasteiger partial charge in [0.05, 0.1) is 17.1 Å². The number of carbonyl (C=O) groups excluding carboxylic acids is 1. The molecule has 1 saturated carbocycles. The van der Waals surface area contributed by atoms with Gasteiger partial charge in [-0.15, -0.1) is 11.3 Å². The molecule has 3 atom stereocenters. The van der Waals surface area contributed by atoms with Gasteiger partial charge in [0.25, 0.3) is 0 Å². The standard InChI is InChI=1S/C23H18N2OS/c26-23(25-17-11-4-9-16-10-5-13-24-22(16)17)21-19(15-7-2-1-3-8-15)20(21)18-12-6-14-27-18/h1-14,19-21H,(H,25,26)/t19-,20-,21+/m0/s1. The molecule has 4 aromatic rings. The maximum Gasteiger partial charge on any atom is 0.228 e. The first-order valence-electron chi connectivity index (χ1n) is 9.06. The minimum Gasteiger partial charge on any atom is -0.324 e. The number of carbonyl (C=O) groups is 1. The Kier molecular flexibility index (Phi) is 3.98. The lowest BCUT2D eigenvalue weighted by Gasteiger charge is -2.08. The summed E-state index contributed by atoms with van der Waals surface area (Å²) < 4.78 is 0. The maximum atomic E-state index is 13.2. The van der Waals surface area contributed by atoms with Crippen molar-refractivity contribution in [2.45, 2.75) is 11.8 Å². The van der Waals surface area contributed by atoms with E-state index in [9.17, 15) is 4.79 Å². The summed E-state index contributed by atoms with van der Waals surface area (Å²) in [5.74, 6) is 0.494. The van der Waals surface area contributed by atoms with Crippen molar-refractivity contribution in [1.29, 1.82) is 0 Å². The Morgan fingerprint density at radius 3 is 2.56 bits per heavy atom. The molecular formula is C23H18N2OS. The van der Waals surface area contributed by atoms with Gasteiger partial charge < -0.3 is 5.32 Å². The molecule has 2 aromatic heterocycles. The molecule has 1 aliphatic carbocycles. The lowest BCUT2D eigenvalue weighted by atomic mass is 10.1. The molecule has 0 spiro atoms. The van der Waals surface area contributed by atoms with E-state index < -0.39 is 0 Å². The van der Waals surface area contributed by atoms with Crippen molar-refractivity contribution in [2.75, 3.05) is 5.32 Å². The van der Waals surface area contributed by atoms with Crippen molar-refractivity contribution < 1.29 is 4.79 Å². The van der Waals surface area contributed by atoms with Crippen LogP contribution in [0.1, 0.15) is 22.3 Å². The van der Waals surface area contributed by atoms with Crippen LogP contribution < -0.4 is 5.32 Å². The fourth-order valence-corrected chi connectivity index (χ4v) is 4.90. The number of pyridine rings is 1. The van der Waals surface area contributed by atoms with Crippen LogP contribution in [0.2, 0.25) is 0 Å². The Labute approximate surface area is 161 Å². The summed E-state index contributed by atoms with van der Waals surface area (Å²) in [7, 11) is 0. The Morgan fingerprint density at radius 2 is 1.74 bits per heavy atom. The molecular weight excluding hydrogens is 352 g/mol. The van der Waals surface area contributed by atoms with Crippen molar-refractivity contribution >= 4 is 33.8 Å². The zero-order valence-electron chi connectivity index (χ0n) is 14.6. The van der Waals surface area contributed by atoms with Crippen LogP contribution in [-0.2, 0) is 4.79 Å². The monoisotopic (exact) mass is 370 g/mol. The fourth-order valence-electron chi connectivity index (χ4n) is 3.98. The van der Waals surface area contributed by atoms with E-state index in [0.717, 1.165) is 16.6 Å². The van der Waals surface area contributed by atoms with Gasteiger partial charge in [0.15, 0.2) is 0 Å². The number of amides is 1. The smallest absolute Gasteiger partial charge is 0.228 e. The molecule has 0 saturated heterocycles. The van der Waals surface area contributed by atoms with E-state index in [1.54, 1.807) is 17.5 Å². The third-order valence-corrected chi connectivity index (χ3v) is 6.24. The van der Waals surface area contributed by atoms with Crippen molar-refractivity contribution in [1.82, 2.24) is 4.98 Å². The lowest BCUT2D eigenvalue weighted by molar-refractivity contribution is -0.117. The zero-order valence-corrected chi connectivity index (χ0v) is 15.4. The van der Waals surface area contributed by atoms with Gasteiger partial charge in [-0.2, -0.15) is 0 Å². The number of para-hydroxylation sites is 1. The summed E-state index contributed by atoms with van der Waals surface area (Å²) in [6.07, 6.45) is 1.76. The molecule has 1 aliphatic rings. The van der Waals surface area contributed by atoms with Crippen molar-refractivity contribution in [3.8, 4) is 0 Å². The summed E-state index contributed by atoms with van der Waals surface area (Å²) in [4.78, 5) is 18.9. The van der Waals surface area contributed by atoms with Gasteiger partial charge >= 0.3 is 0 Å². The average Bonchev–Trinajstić information content (AvgIpc) is 3.23. The van der Waals surface area contributed by atoms with Gasteiger partial charge in [-0.1, -0.05) is 54.6 Å². The number of hydrogen-bond donors (Lipinski definition) is 1. The van der Waals surface area contributed by atoms with Crippen LogP contribution in [0.4, 0.5) is 5.69 Å². The second-order valence-corrected chi connectivity index (χ2v) is 7.85. The highest BCUT2D eigenvalue weighted by atomic mass is 32.1. The number of thiophene rings is 1. The number of hydrogen-bond acceptors (Lipinski definition) is 3. The molecule has 0 aliphatic heterocycles. The van der Waals surface area contributed by atoms with E-state index in [0.29, 0.717) is 0 Å². The highest BCUT2D eigenvalue weighted by Gasteiger charge is 2.56. The van der Waals surface area contributed by atoms with E-state index in [1.165, 1.54) is 10.4 Å². The molecule has 4 heteroatoms. The molecule has 2 aromatic carbocycles.